The molecule has 10 heteroatoms. The number of hydrogen-bond acceptors (Lipinski definition) is 9. The fourth-order valence-corrected chi connectivity index (χ4v) is 4.39. The number of thioether (sulfide) groups is 1. The van der Waals surface area contributed by atoms with E-state index in [1.165, 1.54) is 0 Å². The number of aromatic nitrogens is 7. The van der Waals surface area contributed by atoms with Crippen molar-refractivity contribution in [1.29, 1.82) is 0 Å². The Morgan fingerprint density at radius 2 is 1.60 bits per heavy atom. The van der Waals surface area contributed by atoms with Crippen LogP contribution in [0.2, 0.25) is 0 Å². The lowest BCUT2D eigenvalue weighted by Gasteiger charge is -2.11. The Bertz CT molecular complexity index is 1360. The maximum absolute atomic E-state index is 5.60. The number of rotatable bonds is 10. The number of pyridine rings is 2. The zero-order valence-electron chi connectivity index (χ0n) is 19.1. The maximum Gasteiger partial charge on any atom is 0.226 e. The van der Waals surface area contributed by atoms with Gasteiger partial charge in [0.05, 0.1) is 6.61 Å². The Balaban J connectivity index is 1.30. The molecule has 0 bridgehead atoms. The molecule has 0 aliphatic heterocycles. The molecule has 0 saturated carbocycles. The van der Waals surface area contributed by atoms with Crippen molar-refractivity contribution in [2.24, 2.45) is 0 Å². The van der Waals surface area contributed by atoms with Crippen LogP contribution in [0.4, 0.5) is 0 Å². The highest BCUT2D eigenvalue weighted by molar-refractivity contribution is 7.99. The van der Waals surface area contributed by atoms with Crippen LogP contribution in [0.1, 0.15) is 19.2 Å². The molecule has 9 nitrogen and oxygen atoms in total. The largest absolute Gasteiger partial charge is 0.494 e. The minimum absolute atomic E-state index is 0.576. The topological polar surface area (TPSA) is 105 Å². The lowest BCUT2D eigenvalue weighted by molar-refractivity contribution is 0.340. The molecule has 0 aliphatic carbocycles. The summed E-state index contributed by atoms with van der Waals surface area (Å²) in [6.07, 6.45) is 8.46. The van der Waals surface area contributed by atoms with E-state index in [0.717, 1.165) is 45.7 Å². The zero-order valence-corrected chi connectivity index (χ0v) is 19.9. The predicted octanol–water partition coefficient (Wildman–Crippen LogP) is 4.90. The van der Waals surface area contributed by atoms with Crippen LogP contribution >= 0.6 is 11.8 Å². The van der Waals surface area contributed by atoms with Crippen molar-refractivity contribution in [3.63, 3.8) is 0 Å². The number of nitrogens with zero attached hydrogens (tertiary/aromatic N) is 7. The molecule has 0 fully saturated rings. The van der Waals surface area contributed by atoms with Gasteiger partial charge in [0, 0.05) is 53.8 Å². The third-order valence-corrected chi connectivity index (χ3v) is 6.17. The molecule has 0 unspecified atom stereocenters. The summed E-state index contributed by atoms with van der Waals surface area (Å²) in [4.78, 5) is 12.6. The Hall–Kier alpha value is -4.05. The van der Waals surface area contributed by atoms with Gasteiger partial charge in [0.1, 0.15) is 5.75 Å². The first-order chi connectivity index (χ1) is 17.3. The van der Waals surface area contributed by atoms with E-state index in [0.29, 0.717) is 24.7 Å². The van der Waals surface area contributed by atoms with Crippen molar-refractivity contribution in [1.82, 2.24) is 34.9 Å². The van der Waals surface area contributed by atoms with Gasteiger partial charge in [-0.25, -0.2) is 0 Å². The van der Waals surface area contributed by atoms with Crippen LogP contribution < -0.4 is 4.74 Å². The molecule has 5 rings (SSSR count). The third-order valence-electron chi connectivity index (χ3n) is 5.15. The van der Waals surface area contributed by atoms with Crippen LogP contribution in [0.25, 0.3) is 28.5 Å². The van der Waals surface area contributed by atoms with Gasteiger partial charge in [0.2, 0.25) is 11.7 Å². The van der Waals surface area contributed by atoms with Crippen molar-refractivity contribution in [2.75, 3.05) is 12.4 Å². The van der Waals surface area contributed by atoms with Crippen LogP contribution in [0, 0.1) is 0 Å². The summed E-state index contributed by atoms with van der Waals surface area (Å²) >= 11 is 1.64. The second-order valence-corrected chi connectivity index (χ2v) is 8.57. The molecule has 35 heavy (non-hydrogen) atoms. The molecule has 5 aromatic rings. The average molecular weight is 486 g/mol. The quantitative estimate of drug-likeness (QED) is 0.202. The van der Waals surface area contributed by atoms with Gasteiger partial charge in [-0.2, -0.15) is 4.98 Å². The van der Waals surface area contributed by atoms with E-state index >= 15 is 0 Å². The minimum atomic E-state index is 0.576. The molecule has 0 aliphatic rings. The molecule has 0 spiro atoms. The lowest BCUT2D eigenvalue weighted by Crippen LogP contribution is -2.01. The van der Waals surface area contributed by atoms with E-state index in [1.807, 2.05) is 55.5 Å². The molecule has 4 heterocycles. The standard InChI is InChI=1S/C25H23N7O2S/c1-2-33-21-7-5-20(6-8-21)32-24(19-11-15-27-16-12-19)29-30-25(32)35-17-3-4-22-28-23(31-34-22)18-9-13-26-14-10-18/h5-16H,2-4,17H2,1H3. The highest BCUT2D eigenvalue weighted by Crippen LogP contribution is 2.29. The Kier molecular flexibility index (Phi) is 7.09. The first-order valence-corrected chi connectivity index (χ1v) is 12.2. The Morgan fingerprint density at radius 1 is 0.886 bits per heavy atom. The number of hydrogen-bond donors (Lipinski definition) is 0. The molecular formula is C25H23N7O2S. The summed E-state index contributed by atoms with van der Waals surface area (Å²) in [6, 6.07) is 15.5. The summed E-state index contributed by atoms with van der Waals surface area (Å²) in [7, 11) is 0. The molecule has 0 amide bonds. The molecule has 1 aromatic carbocycles. The van der Waals surface area contributed by atoms with Gasteiger partial charge in [-0.1, -0.05) is 16.9 Å². The summed E-state index contributed by atoms with van der Waals surface area (Å²) in [5.74, 6) is 3.60. The summed E-state index contributed by atoms with van der Waals surface area (Å²) in [6.45, 7) is 2.59. The number of benzene rings is 1. The highest BCUT2D eigenvalue weighted by atomic mass is 32.2. The van der Waals surface area contributed by atoms with Crippen LogP contribution in [-0.4, -0.2) is 47.2 Å². The molecule has 0 atom stereocenters. The van der Waals surface area contributed by atoms with Crippen molar-refractivity contribution in [3.8, 4) is 34.2 Å². The summed E-state index contributed by atoms with van der Waals surface area (Å²) < 4.78 is 13.1. The SMILES string of the molecule is CCOc1ccc(-n2c(SCCCc3nc(-c4ccncc4)no3)nnc2-c2ccncc2)cc1. The van der Waals surface area contributed by atoms with Crippen LogP contribution in [0.5, 0.6) is 5.75 Å². The maximum atomic E-state index is 5.60. The van der Waals surface area contributed by atoms with E-state index in [-0.39, 0.29) is 0 Å². The number of ether oxygens (including phenoxy) is 1. The van der Waals surface area contributed by atoms with Crippen molar-refractivity contribution < 1.29 is 9.26 Å². The summed E-state index contributed by atoms with van der Waals surface area (Å²) in [5, 5.41) is 13.8. The fraction of sp³-hybridized carbons (Fsp3) is 0.200. The zero-order chi connectivity index (χ0) is 23.9. The summed E-state index contributed by atoms with van der Waals surface area (Å²) in [5.41, 5.74) is 2.80. The minimum Gasteiger partial charge on any atom is -0.494 e. The highest BCUT2D eigenvalue weighted by Gasteiger charge is 2.17. The first kappa shape index (κ1) is 22.7. The van der Waals surface area contributed by atoms with Crippen molar-refractivity contribution in [2.45, 2.75) is 24.9 Å². The van der Waals surface area contributed by atoms with Crippen LogP contribution in [0.15, 0.2) is 83.0 Å². The molecule has 0 radical (unpaired) electrons. The van der Waals surface area contributed by atoms with Gasteiger partial charge in [-0.15, -0.1) is 10.2 Å². The number of aryl methyl sites for hydroxylation is 1. The Morgan fingerprint density at radius 3 is 2.31 bits per heavy atom. The molecule has 0 saturated heterocycles. The van der Waals surface area contributed by atoms with Crippen molar-refractivity contribution >= 4 is 11.8 Å². The molecule has 0 N–H and O–H groups in total. The molecule has 4 aromatic heterocycles. The van der Waals surface area contributed by atoms with Crippen molar-refractivity contribution in [3.05, 3.63) is 79.2 Å². The van der Waals surface area contributed by atoms with Gasteiger partial charge >= 0.3 is 0 Å². The van der Waals surface area contributed by atoms with Gasteiger partial charge in [-0.05, 0) is 61.9 Å². The van der Waals surface area contributed by atoms with Crippen LogP contribution in [0.3, 0.4) is 0 Å². The first-order valence-electron chi connectivity index (χ1n) is 11.3. The smallest absolute Gasteiger partial charge is 0.226 e. The van der Waals surface area contributed by atoms with Gasteiger partial charge in [0.15, 0.2) is 11.0 Å². The monoisotopic (exact) mass is 485 g/mol. The van der Waals surface area contributed by atoms with Crippen LogP contribution in [-0.2, 0) is 6.42 Å². The normalized spacial score (nSPS) is 11.0. The van der Waals surface area contributed by atoms with Gasteiger partial charge in [-0.3, -0.25) is 14.5 Å². The predicted molar refractivity (Wildman–Crippen MR) is 132 cm³/mol. The second kappa shape index (κ2) is 10.9. The Labute approximate surface area is 206 Å². The van der Waals surface area contributed by atoms with Gasteiger partial charge in [0.25, 0.3) is 0 Å². The van der Waals surface area contributed by atoms with E-state index in [1.54, 1.807) is 36.5 Å². The van der Waals surface area contributed by atoms with E-state index in [2.05, 4.69) is 34.9 Å². The molecular weight excluding hydrogens is 462 g/mol. The lowest BCUT2D eigenvalue weighted by atomic mass is 10.2. The van der Waals surface area contributed by atoms with E-state index in [4.69, 9.17) is 9.26 Å². The molecule has 176 valence electrons. The van der Waals surface area contributed by atoms with E-state index < -0.39 is 0 Å². The average Bonchev–Trinajstić information content (AvgIpc) is 3.56. The second-order valence-electron chi connectivity index (χ2n) is 7.50. The van der Waals surface area contributed by atoms with E-state index in [9.17, 15) is 0 Å². The third kappa shape index (κ3) is 5.38. The van der Waals surface area contributed by atoms with Gasteiger partial charge < -0.3 is 9.26 Å². The fourth-order valence-electron chi connectivity index (χ4n) is 3.50.